The zero-order valence-electron chi connectivity index (χ0n) is 15.2. The third kappa shape index (κ3) is 3.54. The molecule has 0 amide bonds. The van der Waals surface area contributed by atoms with Gasteiger partial charge in [-0.15, -0.1) is 21.5 Å². The number of carbonyl (C=O) groups excluding carboxylic acids is 1. The molecule has 5 rings (SSSR count). The van der Waals surface area contributed by atoms with Gasteiger partial charge in [-0.2, -0.15) is 0 Å². The van der Waals surface area contributed by atoms with Crippen LogP contribution in [0.4, 0.5) is 0 Å². The van der Waals surface area contributed by atoms with E-state index in [0.717, 1.165) is 35.1 Å². The highest BCUT2D eigenvalue weighted by molar-refractivity contribution is 7.99. The number of rotatable bonds is 6. The average molecular weight is 414 g/mol. The Bertz CT molecular complexity index is 996. The van der Waals surface area contributed by atoms with Gasteiger partial charge >= 0.3 is 0 Å². The summed E-state index contributed by atoms with van der Waals surface area (Å²) in [6, 6.07) is 9.94. The lowest BCUT2D eigenvalue weighted by Gasteiger charge is -2.09. The number of ether oxygens (including phenoxy) is 2. The third-order valence-electron chi connectivity index (χ3n) is 4.72. The minimum absolute atomic E-state index is 0.0451. The summed E-state index contributed by atoms with van der Waals surface area (Å²) in [5, 5.41) is 11.6. The predicted molar refractivity (Wildman–Crippen MR) is 109 cm³/mol. The molecule has 0 N–H and O–H groups in total. The van der Waals surface area contributed by atoms with Crippen LogP contribution >= 0.6 is 23.1 Å². The average Bonchev–Trinajstić information content (AvgIpc) is 3.32. The van der Waals surface area contributed by atoms with Crippen LogP contribution in [-0.2, 0) is 0 Å². The van der Waals surface area contributed by atoms with E-state index in [4.69, 9.17) is 9.47 Å². The van der Waals surface area contributed by atoms with Crippen LogP contribution in [0, 0.1) is 0 Å². The second-order valence-electron chi connectivity index (χ2n) is 6.81. The van der Waals surface area contributed by atoms with Gasteiger partial charge in [-0.3, -0.25) is 9.36 Å². The highest BCUT2D eigenvalue weighted by atomic mass is 32.2. The first-order chi connectivity index (χ1) is 13.8. The molecule has 0 spiro atoms. The van der Waals surface area contributed by atoms with E-state index in [-0.39, 0.29) is 5.78 Å². The Balaban J connectivity index is 1.33. The smallest absolute Gasteiger partial charge is 0.192 e. The number of nitrogens with zero attached hydrogens (tertiary/aromatic N) is 3. The summed E-state index contributed by atoms with van der Waals surface area (Å²) < 4.78 is 13.5. The van der Waals surface area contributed by atoms with Gasteiger partial charge in [0.1, 0.15) is 0 Å². The summed E-state index contributed by atoms with van der Waals surface area (Å²) >= 11 is 3.11. The Morgan fingerprint density at radius 2 is 2.04 bits per heavy atom. The molecule has 1 aromatic carbocycles. The number of thiophene rings is 1. The summed E-state index contributed by atoms with van der Waals surface area (Å²) in [6.07, 6.45) is 3.12. The molecule has 3 aromatic rings. The molecule has 8 heteroatoms. The number of carbonyl (C=O) groups is 1. The number of Topliss-reactive ketones (excluding diaryl/α,β-unsaturated/α-hetero) is 1. The minimum atomic E-state index is 0.0451. The van der Waals surface area contributed by atoms with E-state index in [9.17, 15) is 4.79 Å². The second-order valence-corrected chi connectivity index (χ2v) is 8.70. The van der Waals surface area contributed by atoms with Crippen molar-refractivity contribution in [2.45, 2.75) is 30.5 Å². The lowest BCUT2D eigenvalue weighted by Crippen LogP contribution is -2.05. The lowest BCUT2D eigenvalue weighted by molar-refractivity contribution is 0.102. The molecule has 2 aliphatic rings. The molecule has 0 bridgehead atoms. The predicted octanol–water partition coefficient (Wildman–Crippen LogP) is 4.48. The van der Waals surface area contributed by atoms with E-state index in [2.05, 4.69) is 20.8 Å². The normalized spacial score (nSPS) is 16.0. The van der Waals surface area contributed by atoms with Crippen LogP contribution in [-0.4, -0.2) is 39.5 Å². The molecule has 28 heavy (non-hydrogen) atoms. The first kappa shape index (κ1) is 17.8. The number of hydrogen-bond donors (Lipinski definition) is 0. The zero-order valence-corrected chi connectivity index (χ0v) is 16.8. The van der Waals surface area contributed by atoms with Crippen molar-refractivity contribution in [2.24, 2.45) is 0 Å². The molecule has 0 saturated heterocycles. The van der Waals surface area contributed by atoms with Gasteiger partial charge in [0.05, 0.1) is 23.8 Å². The van der Waals surface area contributed by atoms with Crippen LogP contribution in [0.1, 0.15) is 35.7 Å². The summed E-state index contributed by atoms with van der Waals surface area (Å²) in [7, 11) is 0. The lowest BCUT2D eigenvalue weighted by atomic mass is 10.1. The molecule has 144 valence electrons. The van der Waals surface area contributed by atoms with Crippen LogP contribution in [0.3, 0.4) is 0 Å². The van der Waals surface area contributed by atoms with Gasteiger partial charge in [0.25, 0.3) is 0 Å². The van der Waals surface area contributed by atoms with Crippen LogP contribution in [0.2, 0.25) is 0 Å². The summed E-state index contributed by atoms with van der Waals surface area (Å²) in [5.41, 5.74) is 0.632. The largest absolute Gasteiger partial charge is 0.490 e. The maximum Gasteiger partial charge on any atom is 0.192 e. The SMILES string of the molecule is O=C(CSc1nnc(-c2cccs2)n1C1CC1)c1ccc2c(c1)OCCCO2. The maximum absolute atomic E-state index is 12.7. The van der Waals surface area contributed by atoms with E-state index < -0.39 is 0 Å². The van der Waals surface area contributed by atoms with Gasteiger partial charge in [0, 0.05) is 18.0 Å². The summed E-state index contributed by atoms with van der Waals surface area (Å²) in [6.45, 7) is 1.24. The Morgan fingerprint density at radius 3 is 2.82 bits per heavy atom. The van der Waals surface area contributed by atoms with Crippen LogP contribution in [0.15, 0.2) is 40.9 Å². The molecule has 1 fully saturated rings. The minimum Gasteiger partial charge on any atom is -0.490 e. The van der Waals surface area contributed by atoms with Gasteiger partial charge < -0.3 is 9.47 Å². The van der Waals surface area contributed by atoms with Crippen molar-refractivity contribution < 1.29 is 14.3 Å². The molecule has 0 atom stereocenters. The van der Waals surface area contributed by atoms with E-state index in [1.165, 1.54) is 11.8 Å². The topological polar surface area (TPSA) is 66.2 Å². The molecule has 6 nitrogen and oxygen atoms in total. The van der Waals surface area contributed by atoms with E-state index in [1.54, 1.807) is 23.5 Å². The second kappa shape index (κ2) is 7.60. The Hall–Kier alpha value is -2.32. The number of thioether (sulfide) groups is 1. The molecule has 3 heterocycles. The van der Waals surface area contributed by atoms with Gasteiger partial charge in [-0.25, -0.2) is 0 Å². The van der Waals surface area contributed by atoms with Crippen molar-refractivity contribution in [3.05, 3.63) is 41.3 Å². The first-order valence-electron chi connectivity index (χ1n) is 9.34. The summed E-state index contributed by atoms with van der Waals surface area (Å²) in [5.74, 6) is 2.62. The molecular formula is C20H19N3O3S2. The fourth-order valence-electron chi connectivity index (χ4n) is 3.16. The third-order valence-corrected chi connectivity index (χ3v) is 6.53. The Morgan fingerprint density at radius 1 is 1.18 bits per heavy atom. The number of benzene rings is 1. The van der Waals surface area contributed by atoms with E-state index >= 15 is 0 Å². The number of aromatic nitrogens is 3. The van der Waals surface area contributed by atoms with Gasteiger partial charge in [-0.05, 0) is 42.5 Å². The van der Waals surface area contributed by atoms with E-state index in [1.807, 2.05) is 17.5 Å². The highest BCUT2D eigenvalue weighted by Gasteiger charge is 2.30. The first-order valence-corrected chi connectivity index (χ1v) is 11.2. The van der Waals surface area contributed by atoms with Gasteiger partial charge in [0.2, 0.25) is 0 Å². The van der Waals surface area contributed by atoms with Crippen molar-refractivity contribution in [2.75, 3.05) is 19.0 Å². The molecule has 0 unspecified atom stereocenters. The van der Waals surface area contributed by atoms with Crippen LogP contribution < -0.4 is 9.47 Å². The van der Waals surface area contributed by atoms with Crippen molar-refractivity contribution in [3.63, 3.8) is 0 Å². The van der Waals surface area contributed by atoms with Crippen LogP contribution in [0.5, 0.6) is 11.5 Å². The molecule has 1 aliphatic heterocycles. The van der Waals surface area contributed by atoms with Crippen LogP contribution in [0.25, 0.3) is 10.7 Å². The maximum atomic E-state index is 12.7. The fourth-order valence-corrected chi connectivity index (χ4v) is 4.77. The van der Waals surface area contributed by atoms with Crippen molar-refractivity contribution in [3.8, 4) is 22.2 Å². The monoisotopic (exact) mass is 413 g/mol. The molecule has 2 aromatic heterocycles. The van der Waals surface area contributed by atoms with Gasteiger partial charge in [0.15, 0.2) is 28.3 Å². The zero-order chi connectivity index (χ0) is 18.9. The quantitative estimate of drug-likeness (QED) is 0.439. The Kier molecular flexibility index (Phi) is 4.82. The molecular weight excluding hydrogens is 394 g/mol. The number of fused-ring (bicyclic) bond motifs is 1. The van der Waals surface area contributed by atoms with Crippen molar-refractivity contribution >= 4 is 28.9 Å². The van der Waals surface area contributed by atoms with Crippen molar-refractivity contribution in [1.82, 2.24) is 14.8 Å². The van der Waals surface area contributed by atoms with Crippen molar-refractivity contribution in [1.29, 1.82) is 0 Å². The standard InChI is InChI=1S/C20H19N3O3S2/c24-15(13-4-7-16-17(11-13)26-9-2-8-25-16)12-28-20-22-21-19(18-3-1-10-27-18)23(20)14-5-6-14/h1,3-4,7,10-11,14H,2,5-6,8-9,12H2. The number of hydrogen-bond acceptors (Lipinski definition) is 7. The molecule has 1 saturated carbocycles. The van der Waals surface area contributed by atoms with Gasteiger partial charge in [-0.1, -0.05) is 17.8 Å². The van der Waals surface area contributed by atoms with E-state index in [0.29, 0.717) is 42.1 Å². The fraction of sp³-hybridized carbons (Fsp3) is 0.350. The highest BCUT2D eigenvalue weighted by Crippen LogP contribution is 2.42. The number of ketones is 1. The molecule has 0 radical (unpaired) electrons. The molecule has 1 aliphatic carbocycles. The summed E-state index contributed by atoms with van der Waals surface area (Å²) in [4.78, 5) is 13.9. The Labute approximate surface area is 170 Å².